The van der Waals surface area contributed by atoms with Gasteiger partial charge in [-0.1, -0.05) is 13.5 Å². The summed E-state index contributed by atoms with van der Waals surface area (Å²) in [5.74, 6) is -0.306. The highest BCUT2D eigenvalue weighted by molar-refractivity contribution is 5.95. The molecule has 0 saturated carbocycles. The van der Waals surface area contributed by atoms with Gasteiger partial charge in [0.05, 0.1) is 5.54 Å². The molecular formula is C9H15NO2. The third-order valence-electron chi connectivity index (χ3n) is 1.64. The molecule has 0 aromatic rings. The van der Waals surface area contributed by atoms with Gasteiger partial charge in [-0.05, 0) is 19.9 Å². The summed E-state index contributed by atoms with van der Waals surface area (Å²) in [5, 5.41) is 2.55. The molecule has 0 aliphatic carbocycles. The summed E-state index contributed by atoms with van der Waals surface area (Å²) in [6.07, 6.45) is 1.58. The van der Waals surface area contributed by atoms with Crippen molar-refractivity contribution in [2.75, 3.05) is 0 Å². The minimum absolute atomic E-state index is 0.0118. The first-order valence-corrected chi connectivity index (χ1v) is 3.92. The SMILES string of the molecule is C=CC(=O)NC(C)(C)C(=O)CC. The minimum Gasteiger partial charge on any atom is -0.341 e. The van der Waals surface area contributed by atoms with E-state index in [-0.39, 0.29) is 11.7 Å². The Morgan fingerprint density at radius 3 is 2.33 bits per heavy atom. The van der Waals surface area contributed by atoms with E-state index in [1.807, 2.05) is 0 Å². The minimum atomic E-state index is -0.778. The predicted octanol–water partition coefficient (Wildman–Crippen LogP) is 1.05. The monoisotopic (exact) mass is 169 g/mol. The fraction of sp³-hybridized carbons (Fsp3) is 0.556. The molecule has 0 aliphatic heterocycles. The molecular weight excluding hydrogens is 154 g/mol. The molecule has 0 rings (SSSR count). The van der Waals surface area contributed by atoms with Gasteiger partial charge in [0.1, 0.15) is 0 Å². The number of rotatable bonds is 4. The number of ketones is 1. The zero-order chi connectivity index (χ0) is 9.78. The van der Waals surface area contributed by atoms with Gasteiger partial charge in [-0.3, -0.25) is 9.59 Å². The summed E-state index contributed by atoms with van der Waals surface area (Å²) < 4.78 is 0. The first kappa shape index (κ1) is 10.9. The van der Waals surface area contributed by atoms with Gasteiger partial charge in [0.2, 0.25) is 5.91 Å². The third-order valence-corrected chi connectivity index (χ3v) is 1.64. The van der Waals surface area contributed by atoms with E-state index in [0.717, 1.165) is 6.08 Å². The molecule has 3 nitrogen and oxygen atoms in total. The van der Waals surface area contributed by atoms with Crippen molar-refractivity contribution in [3.8, 4) is 0 Å². The smallest absolute Gasteiger partial charge is 0.244 e. The van der Waals surface area contributed by atoms with Crippen LogP contribution in [0.1, 0.15) is 27.2 Å². The van der Waals surface area contributed by atoms with Crippen molar-refractivity contribution >= 4 is 11.7 Å². The Balaban J connectivity index is 4.31. The Kier molecular flexibility index (Phi) is 3.67. The molecule has 0 radical (unpaired) electrons. The van der Waals surface area contributed by atoms with Crippen molar-refractivity contribution in [2.24, 2.45) is 0 Å². The van der Waals surface area contributed by atoms with Gasteiger partial charge in [0.15, 0.2) is 5.78 Å². The highest BCUT2D eigenvalue weighted by atomic mass is 16.2. The van der Waals surface area contributed by atoms with Crippen LogP contribution in [0, 0.1) is 0 Å². The molecule has 1 amide bonds. The molecule has 0 aromatic heterocycles. The van der Waals surface area contributed by atoms with Gasteiger partial charge in [0, 0.05) is 6.42 Å². The Bertz CT molecular complexity index is 207. The second-order valence-corrected chi connectivity index (χ2v) is 3.10. The first-order valence-electron chi connectivity index (χ1n) is 3.92. The molecule has 1 N–H and O–H groups in total. The van der Waals surface area contributed by atoms with Crippen molar-refractivity contribution in [1.29, 1.82) is 0 Å². The van der Waals surface area contributed by atoms with Crippen LogP contribution in [0.2, 0.25) is 0 Å². The normalized spacial score (nSPS) is 10.6. The molecule has 0 aromatic carbocycles. The number of nitrogens with one attached hydrogen (secondary N) is 1. The summed E-state index contributed by atoms with van der Waals surface area (Å²) in [5.41, 5.74) is -0.778. The van der Waals surface area contributed by atoms with Crippen LogP contribution in [0.5, 0.6) is 0 Å². The number of Topliss-reactive ketones (excluding diaryl/α,β-unsaturated/α-hetero) is 1. The van der Waals surface area contributed by atoms with Crippen molar-refractivity contribution in [3.05, 3.63) is 12.7 Å². The maximum absolute atomic E-state index is 11.2. The molecule has 0 saturated heterocycles. The summed E-state index contributed by atoms with van der Waals surface area (Å²) in [6, 6.07) is 0. The molecule has 0 spiro atoms. The van der Waals surface area contributed by atoms with E-state index in [9.17, 15) is 9.59 Å². The van der Waals surface area contributed by atoms with Gasteiger partial charge in [-0.15, -0.1) is 0 Å². The van der Waals surface area contributed by atoms with E-state index in [0.29, 0.717) is 6.42 Å². The predicted molar refractivity (Wildman–Crippen MR) is 47.7 cm³/mol. The van der Waals surface area contributed by atoms with Crippen LogP contribution in [0.4, 0.5) is 0 Å². The van der Waals surface area contributed by atoms with E-state index in [4.69, 9.17) is 0 Å². The summed E-state index contributed by atoms with van der Waals surface area (Å²) in [7, 11) is 0. The van der Waals surface area contributed by atoms with Gasteiger partial charge in [-0.25, -0.2) is 0 Å². The molecule has 0 fully saturated rings. The van der Waals surface area contributed by atoms with Gasteiger partial charge >= 0.3 is 0 Å². The lowest BCUT2D eigenvalue weighted by molar-refractivity contribution is -0.128. The Morgan fingerprint density at radius 2 is 2.00 bits per heavy atom. The molecule has 3 heteroatoms. The summed E-state index contributed by atoms with van der Waals surface area (Å²) in [4.78, 5) is 22.1. The largest absolute Gasteiger partial charge is 0.341 e. The molecule has 0 unspecified atom stereocenters. The average Bonchev–Trinajstić information content (AvgIpc) is 2.02. The van der Waals surface area contributed by atoms with Crippen LogP contribution >= 0.6 is 0 Å². The second-order valence-electron chi connectivity index (χ2n) is 3.10. The number of carbonyl (C=O) groups is 2. The topological polar surface area (TPSA) is 46.2 Å². The lowest BCUT2D eigenvalue weighted by Crippen LogP contribution is -2.48. The molecule has 0 aliphatic rings. The maximum atomic E-state index is 11.2. The molecule has 0 heterocycles. The molecule has 0 bridgehead atoms. The van der Waals surface area contributed by atoms with Crippen LogP contribution in [-0.4, -0.2) is 17.2 Å². The number of carbonyl (C=O) groups excluding carboxylic acids is 2. The standard InChI is InChI=1S/C9H15NO2/c1-5-7(11)9(3,4)10-8(12)6-2/h6H,2,5H2,1,3-4H3,(H,10,12). The van der Waals surface area contributed by atoms with Crippen LogP contribution in [0.15, 0.2) is 12.7 Å². The third kappa shape index (κ3) is 2.86. The number of hydrogen-bond acceptors (Lipinski definition) is 2. The van der Waals surface area contributed by atoms with E-state index < -0.39 is 5.54 Å². The fourth-order valence-corrected chi connectivity index (χ4v) is 0.871. The van der Waals surface area contributed by atoms with Crippen LogP contribution in [0.25, 0.3) is 0 Å². The van der Waals surface area contributed by atoms with Crippen molar-refractivity contribution in [1.82, 2.24) is 5.32 Å². The van der Waals surface area contributed by atoms with Crippen LogP contribution < -0.4 is 5.32 Å². The lowest BCUT2D eigenvalue weighted by Gasteiger charge is -2.23. The molecule has 0 atom stereocenters. The van der Waals surface area contributed by atoms with Gasteiger partial charge in [0.25, 0.3) is 0 Å². The van der Waals surface area contributed by atoms with Gasteiger partial charge in [-0.2, -0.15) is 0 Å². The summed E-state index contributed by atoms with van der Waals surface area (Å²) in [6.45, 7) is 8.44. The maximum Gasteiger partial charge on any atom is 0.244 e. The zero-order valence-electron chi connectivity index (χ0n) is 7.81. The Hall–Kier alpha value is -1.12. The van der Waals surface area contributed by atoms with Crippen molar-refractivity contribution in [3.63, 3.8) is 0 Å². The van der Waals surface area contributed by atoms with E-state index in [2.05, 4.69) is 11.9 Å². The molecule has 68 valence electrons. The summed E-state index contributed by atoms with van der Waals surface area (Å²) >= 11 is 0. The first-order chi connectivity index (χ1) is 5.44. The fourth-order valence-electron chi connectivity index (χ4n) is 0.871. The van der Waals surface area contributed by atoms with Gasteiger partial charge < -0.3 is 5.32 Å². The molecule has 12 heavy (non-hydrogen) atoms. The highest BCUT2D eigenvalue weighted by Crippen LogP contribution is 2.06. The Morgan fingerprint density at radius 1 is 1.50 bits per heavy atom. The lowest BCUT2D eigenvalue weighted by atomic mass is 9.97. The van der Waals surface area contributed by atoms with Crippen molar-refractivity contribution < 1.29 is 9.59 Å². The Labute approximate surface area is 72.8 Å². The average molecular weight is 169 g/mol. The van der Waals surface area contributed by atoms with E-state index in [1.165, 1.54) is 0 Å². The van der Waals surface area contributed by atoms with E-state index in [1.54, 1.807) is 20.8 Å². The van der Waals surface area contributed by atoms with Crippen LogP contribution in [-0.2, 0) is 9.59 Å². The number of hydrogen-bond donors (Lipinski definition) is 1. The highest BCUT2D eigenvalue weighted by Gasteiger charge is 2.26. The van der Waals surface area contributed by atoms with Crippen LogP contribution in [0.3, 0.4) is 0 Å². The van der Waals surface area contributed by atoms with Crippen molar-refractivity contribution in [2.45, 2.75) is 32.7 Å². The zero-order valence-corrected chi connectivity index (χ0v) is 7.81. The van der Waals surface area contributed by atoms with E-state index >= 15 is 0 Å². The number of amides is 1. The quantitative estimate of drug-likeness (QED) is 0.639. The second kappa shape index (κ2) is 4.04.